The lowest BCUT2D eigenvalue weighted by Gasteiger charge is -2.26. The molecule has 0 N–H and O–H groups in total. The number of pyridine rings is 2. The van der Waals surface area contributed by atoms with Crippen LogP contribution < -0.4 is 9.47 Å². The van der Waals surface area contributed by atoms with E-state index in [1.54, 1.807) is 12.1 Å². The van der Waals surface area contributed by atoms with Crippen LogP contribution in [-0.4, -0.2) is 35.4 Å². The van der Waals surface area contributed by atoms with Gasteiger partial charge in [0.2, 0.25) is 12.2 Å². The molecule has 3 heterocycles. The molecule has 50 heavy (non-hydrogen) atoms. The summed E-state index contributed by atoms with van der Waals surface area (Å²) in [6.45, 7) is 10.4. The molecule has 5 aromatic rings. The smallest absolute Gasteiger partial charge is 0.416 e. The van der Waals surface area contributed by atoms with Gasteiger partial charge in [0, 0.05) is 41.4 Å². The fraction of sp³-hybridized carbons (Fsp3) is 0.375. The van der Waals surface area contributed by atoms with Gasteiger partial charge in [0.05, 0.1) is 35.2 Å². The van der Waals surface area contributed by atoms with Crippen LogP contribution in [0, 0.1) is 12.3 Å². The van der Waals surface area contributed by atoms with Crippen molar-refractivity contribution in [3.63, 3.8) is 0 Å². The minimum Gasteiger partial charge on any atom is -0.493 e. The molecule has 0 spiro atoms. The third kappa shape index (κ3) is 7.55. The minimum absolute atomic E-state index is 0.0823. The van der Waals surface area contributed by atoms with Gasteiger partial charge in [-0.1, -0.05) is 25.5 Å². The van der Waals surface area contributed by atoms with E-state index in [0.29, 0.717) is 24.3 Å². The second-order valence-corrected chi connectivity index (χ2v) is 13.7. The van der Waals surface area contributed by atoms with Gasteiger partial charge in [-0.3, -0.25) is 9.78 Å². The maximum Gasteiger partial charge on any atom is 0.416 e. The Hall–Kier alpha value is -4.70. The van der Waals surface area contributed by atoms with E-state index < -0.39 is 23.4 Å². The van der Waals surface area contributed by atoms with Crippen LogP contribution in [0.1, 0.15) is 68.4 Å². The molecule has 0 saturated heterocycles. The quantitative estimate of drug-likeness (QED) is 0.0778. The van der Waals surface area contributed by atoms with Crippen LogP contribution in [0.4, 0.5) is 13.2 Å². The number of ether oxygens (including phenoxy) is 4. The largest absolute Gasteiger partial charge is 0.493 e. The van der Waals surface area contributed by atoms with Gasteiger partial charge in [-0.2, -0.15) is 13.2 Å². The normalized spacial score (nSPS) is 13.7. The number of alkyl halides is 3. The molecule has 0 saturated carbocycles. The van der Waals surface area contributed by atoms with Crippen molar-refractivity contribution in [3.8, 4) is 22.8 Å². The van der Waals surface area contributed by atoms with E-state index in [-0.39, 0.29) is 24.9 Å². The summed E-state index contributed by atoms with van der Waals surface area (Å²) in [5.74, 6) is 0.694. The van der Waals surface area contributed by atoms with Gasteiger partial charge in [0.1, 0.15) is 12.4 Å². The summed E-state index contributed by atoms with van der Waals surface area (Å²) < 4.78 is 64.0. The van der Waals surface area contributed by atoms with Crippen molar-refractivity contribution >= 4 is 27.8 Å². The molecule has 0 radical (unpaired) electrons. The van der Waals surface area contributed by atoms with Crippen molar-refractivity contribution in [2.24, 2.45) is 5.41 Å². The first kappa shape index (κ1) is 35.1. The van der Waals surface area contributed by atoms with Crippen molar-refractivity contribution in [1.82, 2.24) is 9.97 Å². The summed E-state index contributed by atoms with van der Waals surface area (Å²) in [5.41, 5.74) is 5.04. The first-order chi connectivity index (χ1) is 23.8. The van der Waals surface area contributed by atoms with Gasteiger partial charge < -0.3 is 18.9 Å². The maximum absolute atomic E-state index is 13.3. The lowest BCUT2D eigenvalue weighted by Crippen LogP contribution is -2.31. The van der Waals surface area contributed by atoms with Gasteiger partial charge in [0.25, 0.3) is 0 Å². The summed E-state index contributed by atoms with van der Waals surface area (Å²) in [6.07, 6.45) is -0.665. The number of carbonyl (C=O) groups excluding carboxylic acids is 1. The van der Waals surface area contributed by atoms with Crippen LogP contribution in [0.5, 0.6) is 11.6 Å². The van der Waals surface area contributed by atoms with Gasteiger partial charge in [-0.05, 0) is 104 Å². The van der Waals surface area contributed by atoms with Gasteiger partial charge in [-0.25, -0.2) is 4.98 Å². The number of unbranched alkanes of at least 4 members (excludes halogenated alkanes) is 1. The second-order valence-electron chi connectivity index (χ2n) is 13.7. The number of halogens is 3. The highest BCUT2D eigenvalue weighted by Gasteiger charge is 2.31. The maximum atomic E-state index is 13.3. The van der Waals surface area contributed by atoms with E-state index in [1.165, 1.54) is 6.07 Å². The standard InChI is InChI=1S/C40H41F3N2O5/c1-6-7-18-48-34(50-38(46)39(3,4)5)22-30-24(2)20-31-28(12-14-33(45-31)49-23-25-9-8-10-27(21-25)40(41,42)43)36(30)29-11-13-32-35-26(16-19-47-32)15-17-44-37(29)35/h8-15,17,20-21,34H,6-7,16,18-19,22-23H2,1-5H3. The number of aryl methyl sites for hydroxylation is 1. The molecule has 1 atom stereocenters. The number of aromatic nitrogens is 2. The molecule has 6 rings (SSSR count). The molecule has 0 fully saturated rings. The van der Waals surface area contributed by atoms with E-state index >= 15 is 0 Å². The molecule has 0 bridgehead atoms. The van der Waals surface area contributed by atoms with Gasteiger partial charge >= 0.3 is 12.1 Å². The number of esters is 1. The zero-order valence-corrected chi connectivity index (χ0v) is 28.9. The van der Waals surface area contributed by atoms with Crippen LogP contribution in [0.25, 0.3) is 32.9 Å². The third-order valence-electron chi connectivity index (χ3n) is 8.80. The highest BCUT2D eigenvalue weighted by atomic mass is 19.4. The number of rotatable bonds is 11. The Kier molecular flexibility index (Phi) is 10.0. The Morgan fingerprint density at radius 1 is 1.04 bits per heavy atom. The number of carbonyl (C=O) groups is 1. The highest BCUT2D eigenvalue weighted by molar-refractivity contribution is 6.07. The van der Waals surface area contributed by atoms with Crippen LogP contribution >= 0.6 is 0 Å². The predicted molar refractivity (Wildman–Crippen MR) is 186 cm³/mol. The summed E-state index contributed by atoms with van der Waals surface area (Å²) in [4.78, 5) is 22.8. The fourth-order valence-corrected chi connectivity index (χ4v) is 6.14. The second kappa shape index (κ2) is 14.3. The molecular weight excluding hydrogens is 645 g/mol. The van der Waals surface area contributed by atoms with Gasteiger partial charge in [0.15, 0.2) is 0 Å². The molecule has 262 valence electrons. The van der Waals surface area contributed by atoms with E-state index in [9.17, 15) is 18.0 Å². The zero-order valence-electron chi connectivity index (χ0n) is 28.9. The first-order valence-electron chi connectivity index (χ1n) is 16.9. The zero-order chi connectivity index (χ0) is 35.6. The Morgan fingerprint density at radius 2 is 1.86 bits per heavy atom. The SMILES string of the molecule is CCCCOC(Cc1c(C)cc2nc(OCc3cccc(C(F)(F)F)c3)ccc2c1-c1ccc2c3c(ccnc13)CCO2)OC(=O)C(C)(C)C. The summed E-state index contributed by atoms with van der Waals surface area (Å²) >= 11 is 0. The summed E-state index contributed by atoms with van der Waals surface area (Å²) in [6, 6.07) is 16.6. The van der Waals surface area contributed by atoms with Crippen LogP contribution in [0.2, 0.25) is 0 Å². The Bertz CT molecular complexity index is 2030. The lowest BCUT2D eigenvalue weighted by molar-refractivity contribution is -0.187. The monoisotopic (exact) mass is 686 g/mol. The van der Waals surface area contributed by atoms with Crippen LogP contribution in [-0.2, 0) is 39.9 Å². The molecule has 0 aliphatic carbocycles. The highest BCUT2D eigenvalue weighted by Crippen LogP contribution is 2.43. The molecule has 1 aliphatic rings. The average molecular weight is 687 g/mol. The molecule has 1 aliphatic heterocycles. The average Bonchev–Trinajstić information content (AvgIpc) is 3.07. The molecule has 0 amide bonds. The number of hydrogen-bond donors (Lipinski definition) is 0. The van der Waals surface area contributed by atoms with Crippen molar-refractivity contribution in [3.05, 3.63) is 94.7 Å². The van der Waals surface area contributed by atoms with Crippen molar-refractivity contribution < 1.29 is 36.9 Å². The number of benzene rings is 3. The van der Waals surface area contributed by atoms with E-state index in [4.69, 9.17) is 28.9 Å². The molecule has 3 aromatic carbocycles. The molecular formula is C40H41F3N2O5. The topological polar surface area (TPSA) is 79.8 Å². The third-order valence-corrected chi connectivity index (χ3v) is 8.80. The number of nitrogens with zero attached hydrogens (tertiary/aromatic N) is 2. The number of hydrogen-bond acceptors (Lipinski definition) is 7. The van der Waals surface area contributed by atoms with Crippen LogP contribution in [0.3, 0.4) is 0 Å². The molecule has 1 unspecified atom stereocenters. The first-order valence-corrected chi connectivity index (χ1v) is 16.9. The Balaban J connectivity index is 1.46. The Labute approximate surface area is 289 Å². The summed E-state index contributed by atoms with van der Waals surface area (Å²) in [5, 5.41) is 1.77. The van der Waals surface area contributed by atoms with Gasteiger partial charge in [-0.15, -0.1) is 0 Å². The predicted octanol–water partition coefficient (Wildman–Crippen LogP) is 9.57. The fourth-order valence-electron chi connectivity index (χ4n) is 6.14. The van der Waals surface area contributed by atoms with E-state index in [2.05, 4.69) is 6.92 Å². The Morgan fingerprint density at radius 3 is 2.62 bits per heavy atom. The van der Waals surface area contributed by atoms with Crippen molar-refractivity contribution in [2.45, 2.75) is 79.4 Å². The van der Waals surface area contributed by atoms with E-state index in [0.717, 1.165) is 81.3 Å². The minimum atomic E-state index is -4.45. The number of fused-ring (bicyclic) bond motifs is 1. The molecule has 7 nitrogen and oxygen atoms in total. The van der Waals surface area contributed by atoms with Crippen LogP contribution in [0.15, 0.2) is 66.9 Å². The van der Waals surface area contributed by atoms with Crippen molar-refractivity contribution in [1.29, 1.82) is 0 Å². The lowest BCUT2D eigenvalue weighted by atomic mass is 9.87. The molecule has 10 heteroatoms. The molecule has 2 aromatic heterocycles. The summed E-state index contributed by atoms with van der Waals surface area (Å²) in [7, 11) is 0. The van der Waals surface area contributed by atoms with Crippen molar-refractivity contribution in [2.75, 3.05) is 13.2 Å². The van der Waals surface area contributed by atoms with E-state index in [1.807, 2.05) is 64.2 Å².